The number of carbonyl (C=O) groups is 2. The van der Waals surface area contributed by atoms with E-state index < -0.39 is 39.8 Å². The number of ketones is 2. The first kappa shape index (κ1) is 16.4. The van der Waals surface area contributed by atoms with Gasteiger partial charge in [-0.05, 0) is 6.07 Å². The van der Waals surface area contributed by atoms with E-state index in [4.69, 9.17) is 0 Å². The number of aromatic amines is 2. The van der Waals surface area contributed by atoms with Crippen LogP contribution in [0.25, 0.3) is 0 Å². The van der Waals surface area contributed by atoms with Gasteiger partial charge < -0.3 is 10.4 Å². The number of H-pyrrole nitrogens is 2. The van der Waals surface area contributed by atoms with E-state index in [2.05, 4.69) is 15.3 Å². The Kier molecular flexibility index (Phi) is 3.48. The van der Waals surface area contributed by atoms with Gasteiger partial charge in [0, 0.05) is 23.5 Å². The topological polar surface area (TPSA) is 158 Å². The molecule has 0 bridgehead atoms. The van der Waals surface area contributed by atoms with E-state index in [1.807, 2.05) is 9.97 Å². The Bertz CT molecular complexity index is 1160. The quantitative estimate of drug-likeness (QED) is 0.470. The van der Waals surface area contributed by atoms with Crippen LogP contribution >= 0.6 is 0 Å². The number of fused-ring (bicyclic) bond motifs is 1. The fourth-order valence-corrected chi connectivity index (χ4v) is 3.14. The average molecular weight is 365 g/mol. The predicted octanol–water partition coefficient (Wildman–Crippen LogP) is -0.0546. The molecule has 10 nitrogen and oxygen atoms in total. The molecule has 0 spiro atoms. The number of Topliss-reactive ketones (excluding diaryl/α,β-unsaturated/α-hetero) is 2. The lowest BCUT2D eigenvalue weighted by molar-refractivity contribution is 0.0812. The van der Waals surface area contributed by atoms with Gasteiger partial charge in [0.1, 0.15) is 5.56 Å². The van der Waals surface area contributed by atoms with E-state index in [0.29, 0.717) is 0 Å². The lowest BCUT2D eigenvalue weighted by atomic mass is 9.86. The zero-order chi connectivity index (χ0) is 19.2. The number of nitrogens with one attached hydrogen (secondary N) is 3. The van der Waals surface area contributed by atoms with E-state index in [-0.39, 0.29) is 17.1 Å². The molecule has 4 N–H and O–H groups in total. The predicted molar refractivity (Wildman–Crippen MR) is 91.8 cm³/mol. The minimum Gasteiger partial charge on any atom is -0.494 e. The number of rotatable bonds is 3. The zero-order valence-electron chi connectivity index (χ0n) is 13.5. The van der Waals surface area contributed by atoms with E-state index in [9.17, 15) is 24.3 Å². The van der Waals surface area contributed by atoms with Crippen molar-refractivity contribution in [2.45, 2.75) is 5.54 Å². The highest BCUT2D eigenvalue weighted by atomic mass is 16.3. The van der Waals surface area contributed by atoms with Crippen LogP contribution in [-0.4, -0.2) is 36.6 Å². The molecule has 134 valence electrons. The maximum Gasteiger partial charge on any atom is 0.328 e. The van der Waals surface area contributed by atoms with Crippen LogP contribution in [0.1, 0.15) is 26.3 Å². The maximum absolute atomic E-state index is 13.2. The summed E-state index contributed by atoms with van der Waals surface area (Å²) in [6, 6.07) is 7.52. The van der Waals surface area contributed by atoms with Crippen molar-refractivity contribution in [3.05, 3.63) is 80.3 Å². The van der Waals surface area contributed by atoms with Crippen LogP contribution in [0.2, 0.25) is 0 Å². The molecule has 1 aliphatic rings. The molecule has 0 atom stereocenters. The largest absolute Gasteiger partial charge is 0.494 e. The summed E-state index contributed by atoms with van der Waals surface area (Å²) in [7, 11) is 0. The number of anilines is 1. The Balaban J connectivity index is 2.05. The molecule has 0 saturated carbocycles. The molecular formula is C17H11N5O5. The molecule has 0 amide bonds. The second-order valence-corrected chi connectivity index (χ2v) is 5.78. The van der Waals surface area contributed by atoms with E-state index in [1.165, 1.54) is 30.6 Å². The summed E-state index contributed by atoms with van der Waals surface area (Å²) >= 11 is 0. The van der Waals surface area contributed by atoms with Gasteiger partial charge in [-0.3, -0.25) is 24.4 Å². The maximum atomic E-state index is 13.2. The van der Waals surface area contributed by atoms with Gasteiger partial charge in [0.05, 0.1) is 0 Å². The Morgan fingerprint density at radius 1 is 0.889 bits per heavy atom. The van der Waals surface area contributed by atoms with Crippen molar-refractivity contribution in [3.63, 3.8) is 0 Å². The zero-order valence-corrected chi connectivity index (χ0v) is 13.5. The third-order valence-electron chi connectivity index (χ3n) is 4.26. The van der Waals surface area contributed by atoms with Crippen LogP contribution in [0.15, 0.2) is 52.3 Å². The Hall–Kier alpha value is -4.08. The molecule has 1 aliphatic carbocycles. The van der Waals surface area contributed by atoms with E-state index in [0.717, 1.165) is 0 Å². The van der Waals surface area contributed by atoms with Crippen LogP contribution < -0.4 is 16.6 Å². The Labute approximate surface area is 150 Å². The summed E-state index contributed by atoms with van der Waals surface area (Å²) in [4.78, 5) is 62.1. The fourth-order valence-electron chi connectivity index (χ4n) is 3.14. The Morgan fingerprint density at radius 2 is 1.48 bits per heavy atom. The number of hydrogen-bond acceptors (Lipinski definition) is 8. The van der Waals surface area contributed by atoms with Crippen LogP contribution in [0.5, 0.6) is 5.88 Å². The van der Waals surface area contributed by atoms with Gasteiger partial charge in [-0.1, -0.05) is 24.3 Å². The minimum absolute atomic E-state index is 0.0657. The molecule has 0 saturated heterocycles. The number of carbonyl (C=O) groups excluding carboxylic acids is 2. The van der Waals surface area contributed by atoms with E-state index in [1.54, 1.807) is 12.1 Å². The Morgan fingerprint density at radius 3 is 2.04 bits per heavy atom. The lowest BCUT2D eigenvalue weighted by Gasteiger charge is -2.26. The molecule has 1 aromatic carbocycles. The van der Waals surface area contributed by atoms with Crippen molar-refractivity contribution in [1.82, 2.24) is 19.9 Å². The summed E-state index contributed by atoms with van der Waals surface area (Å²) in [5.41, 5.74) is -4.91. The van der Waals surface area contributed by atoms with Gasteiger partial charge >= 0.3 is 5.69 Å². The van der Waals surface area contributed by atoms with Crippen LogP contribution in [0.4, 0.5) is 5.95 Å². The number of aromatic hydroxyl groups is 1. The molecule has 0 fully saturated rings. The van der Waals surface area contributed by atoms with Gasteiger partial charge in [-0.2, -0.15) is 0 Å². The molecule has 4 rings (SSSR count). The van der Waals surface area contributed by atoms with Crippen LogP contribution in [0, 0.1) is 0 Å². The third kappa shape index (κ3) is 2.27. The van der Waals surface area contributed by atoms with Gasteiger partial charge in [0.15, 0.2) is 0 Å². The van der Waals surface area contributed by atoms with Crippen molar-refractivity contribution >= 4 is 17.5 Å². The SMILES string of the molecule is O=C1c2ccccc2C(=O)C1(Nc1ncccn1)c1c(O)[nH]c(=O)[nH]c1=O. The van der Waals surface area contributed by atoms with Crippen molar-refractivity contribution in [1.29, 1.82) is 0 Å². The molecule has 2 aromatic heterocycles. The average Bonchev–Trinajstić information content (AvgIpc) is 2.85. The standard InChI is InChI=1S/C17H11N5O5/c23-11-8-4-1-2-5-9(8)12(24)17(11,22-15-18-6-3-7-19-15)10-13(25)20-16(27)21-14(10)26/h1-7H,(H,18,19,22)(H3,20,21,25,26,27). The van der Waals surface area contributed by atoms with Crippen molar-refractivity contribution in [2.75, 3.05) is 5.32 Å². The number of benzene rings is 1. The number of aromatic nitrogens is 4. The molecule has 27 heavy (non-hydrogen) atoms. The smallest absolute Gasteiger partial charge is 0.328 e. The summed E-state index contributed by atoms with van der Waals surface area (Å²) in [6.45, 7) is 0. The summed E-state index contributed by atoms with van der Waals surface area (Å²) in [6.07, 6.45) is 2.74. The van der Waals surface area contributed by atoms with Gasteiger partial charge in [-0.15, -0.1) is 0 Å². The van der Waals surface area contributed by atoms with Crippen molar-refractivity contribution < 1.29 is 14.7 Å². The molecule has 0 radical (unpaired) electrons. The van der Waals surface area contributed by atoms with Gasteiger partial charge in [0.25, 0.3) is 5.56 Å². The first-order valence-corrected chi connectivity index (χ1v) is 7.75. The normalized spacial score (nSPS) is 14.8. The molecule has 10 heteroatoms. The first-order valence-electron chi connectivity index (χ1n) is 7.75. The van der Waals surface area contributed by atoms with Crippen molar-refractivity contribution in [3.8, 4) is 5.88 Å². The monoisotopic (exact) mass is 365 g/mol. The molecule has 0 aliphatic heterocycles. The fraction of sp³-hybridized carbons (Fsp3) is 0.0588. The molecule has 0 unspecified atom stereocenters. The van der Waals surface area contributed by atoms with Crippen LogP contribution in [-0.2, 0) is 5.54 Å². The first-order chi connectivity index (χ1) is 12.9. The second kappa shape index (κ2) is 5.73. The highest BCUT2D eigenvalue weighted by Crippen LogP contribution is 2.40. The highest BCUT2D eigenvalue weighted by molar-refractivity contribution is 6.34. The second-order valence-electron chi connectivity index (χ2n) is 5.78. The summed E-state index contributed by atoms with van der Waals surface area (Å²) in [5, 5.41) is 12.8. The van der Waals surface area contributed by atoms with Crippen LogP contribution in [0.3, 0.4) is 0 Å². The third-order valence-corrected chi connectivity index (χ3v) is 4.26. The van der Waals surface area contributed by atoms with Crippen molar-refractivity contribution in [2.24, 2.45) is 0 Å². The molecule has 3 aromatic rings. The van der Waals surface area contributed by atoms with E-state index >= 15 is 0 Å². The van der Waals surface area contributed by atoms with Gasteiger partial charge in [0.2, 0.25) is 28.9 Å². The summed E-state index contributed by atoms with van der Waals surface area (Å²) in [5.74, 6) is -2.56. The minimum atomic E-state index is -2.33. The lowest BCUT2D eigenvalue weighted by Crippen LogP contribution is -2.50. The number of nitrogens with zero attached hydrogens (tertiary/aromatic N) is 2. The molecular weight excluding hydrogens is 354 g/mol. The van der Waals surface area contributed by atoms with Gasteiger partial charge in [-0.25, -0.2) is 14.8 Å². The molecule has 2 heterocycles. The highest BCUT2D eigenvalue weighted by Gasteiger charge is 2.58. The summed E-state index contributed by atoms with van der Waals surface area (Å²) < 4.78 is 0. The number of hydrogen-bond donors (Lipinski definition) is 4.